The van der Waals surface area contributed by atoms with E-state index in [-0.39, 0.29) is 11.5 Å². The summed E-state index contributed by atoms with van der Waals surface area (Å²) in [5, 5.41) is 0.653. The Bertz CT molecular complexity index is 1130. The Labute approximate surface area is 179 Å². The van der Waals surface area contributed by atoms with E-state index in [9.17, 15) is 9.59 Å². The van der Waals surface area contributed by atoms with Crippen LogP contribution < -0.4 is 10.5 Å². The molecule has 0 bridgehead atoms. The minimum absolute atomic E-state index is 0.0664. The molecule has 1 aromatic carbocycles. The molecule has 0 N–H and O–H groups in total. The summed E-state index contributed by atoms with van der Waals surface area (Å²) < 4.78 is 1.59. The van der Waals surface area contributed by atoms with Crippen molar-refractivity contribution < 1.29 is 4.79 Å². The monoisotopic (exact) mass is 423 g/mol. The molecule has 1 aliphatic rings. The van der Waals surface area contributed by atoms with E-state index in [1.54, 1.807) is 35.0 Å². The molecule has 0 radical (unpaired) electrons. The van der Waals surface area contributed by atoms with E-state index in [2.05, 4.69) is 16.5 Å². The number of hydrogen-bond acceptors (Lipinski definition) is 5. The molecule has 30 heavy (non-hydrogen) atoms. The molecule has 1 fully saturated rings. The van der Waals surface area contributed by atoms with Crippen molar-refractivity contribution in [2.45, 2.75) is 13.0 Å². The van der Waals surface area contributed by atoms with Gasteiger partial charge in [-0.05, 0) is 29.8 Å². The second-order valence-electron chi connectivity index (χ2n) is 7.16. The maximum Gasteiger partial charge on any atom is 0.295 e. The molecule has 1 amide bonds. The largest absolute Gasteiger partial charge is 0.348 e. The molecule has 4 rings (SSSR count). The van der Waals surface area contributed by atoms with Crippen LogP contribution in [0.4, 0.5) is 5.82 Å². The fraction of sp³-hybridized carbons (Fsp3) is 0.273. The Morgan fingerprint density at radius 1 is 1.13 bits per heavy atom. The van der Waals surface area contributed by atoms with Crippen molar-refractivity contribution in [1.29, 1.82) is 0 Å². The standard InChI is InChI=1S/C22H22ClN5O2/c1-2-10-28-20-18(4-3-9-24-20)25-21(22(28)30)27-13-11-26(12-14-27)19(29)15-16-5-7-17(23)8-6-16/h2-9H,1,10-15H2. The van der Waals surface area contributed by atoms with Crippen LogP contribution in [0.3, 0.4) is 0 Å². The lowest BCUT2D eigenvalue weighted by atomic mass is 10.1. The van der Waals surface area contributed by atoms with Crippen molar-refractivity contribution >= 4 is 34.5 Å². The van der Waals surface area contributed by atoms with E-state index in [0.717, 1.165) is 5.56 Å². The van der Waals surface area contributed by atoms with Crippen LogP contribution in [0, 0.1) is 0 Å². The first-order valence-corrected chi connectivity index (χ1v) is 10.2. The molecule has 0 saturated carbocycles. The van der Waals surface area contributed by atoms with Crippen molar-refractivity contribution in [1.82, 2.24) is 19.4 Å². The zero-order valence-electron chi connectivity index (χ0n) is 16.5. The molecule has 0 atom stereocenters. The van der Waals surface area contributed by atoms with Gasteiger partial charge >= 0.3 is 0 Å². The smallest absolute Gasteiger partial charge is 0.295 e. The number of hydrogen-bond donors (Lipinski definition) is 0. The third-order valence-electron chi connectivity index (χ3n) is 5.20. The van der Waals surface area contributed by atoms with Gasteiger partial charge in [-0.15, -0.1) is 6.58 Å². The van der Waals surface area contributed by atoms with Crippen LogP contribution in [0.1, 0.15) is 5.56 Å². The lowest BCUT2D eigenvalue weighted by Crippen LogP contribution is -2.51. The zero-order valence-corrected chi connectivity index (χ0v) is 17.3. The lowest BCUT2D eigenvalue weighted by molar-refractivity contribution is -0.130. The molecule has 8 heteroatoms. The third-order valence-corrected chi connectivity index (χ3v) is 5.45. The number of fused-ring (bicyclic) bond motifs is 1. The Kier molecular flexibility index (Phi) is 5.81. The maximum absolute atomic E-state index is 13.0. The highest BCUT2D eigenvalue weighted by atomic mass is 35.5. The second kappa shape index (κ2) is 8.67. The van der Waals surface area contributed by atoms with Crippen molar-refractivity contribution in [2.24, 2.45) is 0 Å². The number of carbonyl (C=O) groups excluding carboxylic acids is 1. The molecule has 7 nitrogen and oxygen atoms in total. The fourth-order valence-electron chi connectivity index (χ4n) is 3.62. The number of pyridine rings is 1. The number of aromatic nitrogens is 3. The van der Waals surface area contributed by atoms with Gasteiger partial charge in [-0.2, -0.15) is 0 Å². The fourth-order valence-corrected chi connectivity index (χ4v) is 3.75. The van der Waals surface area contributed by atoms with Gasteiger partial charge in [-0.25, -0.2) is 9.97 Å². The molecular formula is C22H22ClN5O2. The first kappa shape index (κ1) is 20.1. The summed E-state index contributed by atoms with van der Waals surface area (Å²) in [7, 11) is 0. The minimum atomic E-state index is -0.193. The van der Waals surface area contributed by atoms with Gasteiger partial charge in [0.1, 0.15) is 5.52 Å². The molecule has 2 aromatic heterocycles. The number of rotatable bonds is 5. The molecule has 3 heterocycles. The van der Waals surface area contributed by atoms with Crippen LogP contribution in [-0.2, 0) is 17.8 Å². The van der Waals surface area contributed by atoms with E-state index in [1.807, 2.05) is 28.0 Å². The van der Waals surface area contributed by atoms with E-state index in [4.69, 9.17) is 11.6 Å². The molecule has 3 aromatic rings. The summed E-state index contributed by atoms with van der Waals surface area (Å²) in [5.74, 6) is 0.457. The molecule has 1 saturated heterocycles. The van der Waals surface area contributed by atoms with Crippen molar-refractivity contribution in [3.05, 3.63) is 76.2 Å². The van der Waals surface area contributed by atoms with Crippen molar-refractivity contribution in [2.75, 3.05) is 31.1 Å². The Balaban J connectivity index is 1.50. The number of anilines is 1. The number of benzene rings is 1. The highest BCUT2D eigenvalue weighted by Gasteiger charge is 2.25. The Morgan fingerprint density at radius 2 is 1.87 bits per heavy atom. The van der Waals surface area contributed by atoms with Gasteiger partial charge in [-0.1, -0.05) is 29.8 Å². The van der Waals surface area contributed by atoms with Crippen molar-refractivity contribution in [3.63, 3.8) is 0 Å². The van der Waals surface area contributed by atoms with Gasteiger partial charge in [0.2, 0.25) is 5.91 Å². The topological polar surface area (TPSA) is 71.3 Å². The Hall–Kier alpha value is -3.19. The summed E-state index contributed by atoms with van der Waals surface area (Å²) in [5.41, 5.74) is 1.95. The summed E-state index contributed by atoms with van der Waals surface area (Å²) in [6, 6.07) is 11.0. The Morgan fingerprint density at radius 3 is 2.57 bits per heavy atom. The van der Waals surface area contributed by atoms with E-state index in [1.165, 1.54) is 0 Å². The average molecular weight is 424 g/mol. The van der Waals surface area contributed by atoms with Gasteiger partial charge in [0.05, 0.1) is 6.42 Å². The normalized spacial score (nSPS) is 14.2. The van der Waals surface area contributed by atoms with Gasteiger partial charge in [0.15, 0.2) is 11.5 Å². The quantitative estimate of drug-likeness (QED) is 0.590. The predicted molar refractivity (Wildman–Crippen MR) is 118 cm³/mol. The predicted octanol–water partition coefficient (Wildman–Crippen LogP) is 2.52. The number of amides is 1. The number of halogens is 1. The van der Waals surface area contributed by atoms with Gasteiger partial charge in [0, 0.05) is 43.9 Å². The van der Waals surface area contributed by atoms with Crippen LogP contribution in [-0.4, -0.2) is 51.5 Å². The molecule has 1 aliphatic heterocycles. The van der Waals surface area contributed by atoms with Crippen molar-refractivity contribution in [3.8, 4) is 0 Å². The second-order valence-corrected chi connectivity index (χ2v) is 7.59. The SMILES string of the molecule is C=CCn1c(=O)c(N2CCN(C(=O)Cc3ccc(Cl)cc3)CC2)nc2cccnc21. The number of nitrogens with zero attached hydrogens (tertiary/aromatic N) is 5. The van der Waals surface area contributed by atoms with Gasteiger partial charge < -0.3 is 9.80 Å². The maximum atomic E-state index is 13.0. The number of piperazine rings is 1. The van der Waals surface area contributed by atoms with E-state index >= 15 is 0 Å². The third kappa shape index (κ3) is 4.07. The number of allylic oxidation sites excluding steroid dienone is 1. The first-order valence-electron chi connectivity index (χ1n) is 9.80. The summed E-state index contributed by atoms with van der Waals surface area (Å²) in [6.07, 6.45) is 3.66. The van der Waals surface area contributed by atoms with Crippen LogP contribution in [0.5, 0.6) is 0 Å². The lowest BCUT2D eigenvalue weighted by Gasteiger charge is -2.35. The summed E-state index contributed by atoms with van der Waals surface area (Å²) >= 11 is 5.91. The van der Waals surface area contributed by atoms with Crippen LogP contribution in [0.15, 0.2) is 60.0 Å². The summed E-state index contributed by atoms with van der Waals surface area (Å²) in [6.45, 7) is 6.29. The molecule has 0 unspecified atom stereocenters. The highest BCUT2D eigenvalue weighted by Crippen LogP contribution is 2.16. The van der Waals surface area contributed by atoms with Crippen LogP contribution in [0.2, 0.25) is 5.02 Å². The minimum Gasteiger partial charge on any atom is -0.348 e. The molecule has 0 aliphatic carbocycles. The molecule has 0 spiro atoms. The first-order chi connectivity index (χ1) is 14.6. The van der Waals surface area contributed by atoms with E-state index < -0.39 is 0 Å². The van der Waals surface area contributed by atoms with E-state index in [0.29, 0.717) is 61.1 Å². The van der Waals surface area contributed by atoms with Gasteiger partial charge in [-0.3, -0.25) is 14.2 Å². The van der Waals surface area contributed by atoms with Crippen LogP contribution >= 0.6 is 11.6 Å². The average Bonchev–Trinajstić information content (AvgIpc) is 2.77. The summed E-state index contributed by atoms with van der Waals surface area (Å²) in [4.78, 5) is 38.3. The number of carbonyl (C=O) groups is 1. The zero-order chi connectivity index (χ0) is 21.1. The van der Waals surface area contributed by atoms with Crippen LogP contribution in [0.25, 0.3) is 11.2 Å². The molecule has 154 valence electrons. The van der Waals surface area contributed by atoms with Gasteiger partial charge in [0.25, 0.3) is 5.56 Å². The molecular weight excluding hydrogens is 402 g/mol. The highest BCUT2D eigenvalue weighted by molar-refractivity contribution is 6.30.